The Balaban J connectivity index is 1.76. The first-order valence-electron chi connectivity index (χ1n) is 9.24. The molecule has 7 heteroatoms. The first-order chi connectivity index (χ1) is 13.1. The molecular formula is C20H26N4O3. The summed E-state index contributed by atoms with van der Waals surface area (Å²) in [5.74, 6) is 2.12. The minimum Gasteiger partial charge on any atom is -0.497 e. The lowest BCUT2D eigenvalue weighted by Gasteiger charge is -2.23. The number of ether oxygens (including phenoxy) is 2. The van der Waals surface area contributed by atoms with Crippen molar-refractivity contribution in [3.05, 3.63) is 35.8 Å². The van der Waals surface area contributed by atoms with Crippen LogP contribution in [0.25, 0.3) is 0 Å². The fraction of sp³-hybridized carbons (Fsp3) is 0.450. The lowest BCUT2D eigenvalue weighted by Crippen LogP contribution is -2.24. The topological polar surface area (TPSA) is 85.4 Å². The summed E-state index contributed by atoms with van der Waals surface area (Å²) < 4.78 is 10.5. The van der Waals surface area contributed by atoms with Gasteiger partial charge in [-0.15, -0.1) is 0 Å². The molecule has 0 spiro atoms. The quantitative estimate of drug-likeness (QED) is 0.804. The van der Waals surface area contributed by atoms with Crippen LogP contribution in [0.15, 0.2) is 24.3 Å². The van der Waals surface area contributed by atoms with Crippen molar-refractivity contribution >= 4 is 17.4 Å². The number of carbonyl (C=O) groups excluding carboxylic acids is 1. The summed E-state index contributed by atoms with van der Waals surface area (Å²) in [6, 6.07) is 7.33. The smallest absolute Gasteiger partial charge is 0.274 e. The molecular weight excluding hydrogens is 344 g/mol. The lowest BCUT2D eigenvalue weighted by atomic mass is 9.95. The molecule has 3 rings (SSSR count). The molecule has 1 aromatic heterocycles. The summed E-state index contributed by atoms with van der Waals surface area (Å²) in [5.41, 5.74) is 0.875. The van der Waals surface area contributed by atoms with Crippen LogP contribution in [-0.2, 0) is 0 Å². The van der Waals surface area contributed by atoms with E-state index in [1.807, 2.05) is 0 Å². The molecule has 1 heterocycles. The SMILES string of the molecule is COc1ccc(NC(=O)c2cc(NC3CCCCC3)nc(C)n2)c(OC)c1. The van der Waals surface area contributed by atoms with Crippen molar-refractivity contribution in [2.24, 2.45) is 0 Å². The fourth-order valence-corrected chi connectivity index (χ4v) is 3.30. The molecule has 7 nitrogen and oxygen atoms in total. The Morgan fingerprint density at radius 1 is 1.07 bits per heavy atom. The molecule has 1 fully saturated rings. The molecule has 0 bridgehead atoms. The molecule has 2 aromatic rings. The largest absolute Gasteiger partial charge is 0.497 e. The van der Waals surface area contributed by atoms with E-state index in [9.17, 15) is 4.79 Å². The van der Waals surface area contributed by atoms with Crippen molar-refractivity contribution in [2.45, 2.75) is 45.1 Å². The van der Waals surface area contributed by atoms with Crippen LogP contribution in [0.3, 0.4) is 0 Å². The van der Waals surface area contributed by atoms with Gasteiger partial charge in [0.15, 0.2) is 0 Å². The van der Waals surface area contributed by atoms with Crippen molar-refractivity contribution < 1.29 is 14.3 Å². The first-order valence-corrected chi connectivity index (χ1v) is 9.24. The zero-order chi connectivity index (χ0) is 19.2. The highest BCUT2D eigenvalue weighted by molar-refractivity contribution is 6.04. The Labute approximate surface area is 159 Å². The number of aryl methyl sites for hydroxylation is 1. The molecule has 1 aromatic carbocycles. The van der Waals surface area contributed by atoms with Crippen LogP contribution in [0.2, 0.25) is 0 Å². The first kappa shape index (κ1) is 18.9. The van der Waals surface area contributed by atoms with E-state index in [0.717, 1.165) is 12.8 Å². The predicted molar refractivity (Wildman–Crippen MR) is 105 cm³/mol. The van der Waals surface area contributed by atoms with E-state index in [2.05, 4.69) is 20.6 Å². The molecule has 0 atom stereocenters. The van der Waals surface area contributed by atoms with Crippen LogP contribution in [-0.4, -0.2) is 36.1 Å². The van der Waals surface area contributed by atoms with Crippen molar-refractivity contribution in [3.8, 4) is 11.5 Å². The monoisotopic (exact) mass is 370 g/mol. The van der Waals surface area contributed by atoms with Gasteiger partial charge in [-0.25, -0.2) is 9.97 Å². The van der Waals surface area contributed by atoms with E-state index in [4.69, 9.17) is 9.47 Å². The van der Waals surface area contributed by atoms with E-state index in [0.29, 0.717) is 40.6 Å². The maximum atomic E-state index is 12.7. The average molecular weight is 370 g/mol. The van der Waals surface area contributed by atoms with Crippen molar-refractivity contribution in [1.29, 1.82) is 0 Å². The second-order valence-corrected chi connectivity index (χ2v) is 6.69. The van der Waals surface area contributed by atoms with Crippen molar-refractivity contribution in [2.75, 3.05) is 24.9 Å². The van der Waals surface area contributed by atoms with Crippen LogP contribution >= 0.6 is 0 Å². The second-order valence-electron chi connectivity index (χ2n) is 6.69. The van der Waals surface area contributed by atoms with E-state index < -0.39 is 0 Å². The van der Waals surface area contributed by atoms with E-state index in [1.165, 1.54) is 19.3 Å². The number of amides is 1. The number of benzene rings is 1. The van der Waals surface area contributed by atoms with Crippen molar-refractivity contribution in [1.82, 2.24) is 9.97 Å². The third-order valence-electron chi connectivity index (χ3n) is 4.68. The number of nitrogens with zero attached hydrogens (tertiary/aromatic N) is 2. The number of hydrogen-bond acceptors (Lipinski definition) is 6. The minimum absolute atomic E-state index is 0.310. The molecule has 0 aliphatic heterocycles. The third-order valence-corrected chi connectivity index (χ3v) is 4.68. The molecule has 2 N–H and O–H groups in total. The van der Waals surface area contributed by atoms with Gasteiger partial charge in [-0.2, -0.15) is 0 Å². The normalized spacial score (nSPS) is 14.5. The zero-order valence-electron chi connectivity index (χ0n) is 16.0. The van der Waals surface area contributed by atoms with Gasteiger partial charge in [-0.3, -0.25) is 4.79 Å². The average Bonchev–Trinajstić information content (AvgIpc) is 2.68. The van der Waals surface area contributed by atoms with Crippen molar-refractivity contribution in [3.63, 3.8) is 0 Å². The number of carbonyl (C=O) groups is 1. The molecule has 0 unspecified atom stereocenters. The number of anilines is 2. The Morgan fingerprint density at radius 2 is 1.85 bits per heavy atom. The molecule has 27 heavy (non-hydrogen) atoms. The highest BCUT2D eigenvalue weighted by Gasteiger charge is 2.17. The molecule has 1 aliphatic rings. The molecule has 0 saturated heterocycles. The summed E-state index contributed by atoms with van der Waals surface area (Å²) >= 11 is 0. The fourth-order valence-electron chi connectivity index (χ4n) is 3.30. The van der Waals surface area contributed by atoms with Crippen LogP contribution in [0.1, 0.15) is 48.4 Å². The molecule has 1 saturated carbocycles. The zero-order valence-corrected chi connectivity index (χ0v) is 16.0. The Bertz CT molecular complexity index is 804. The van der Waals surface area contributed by atoms with Gasteiger partial charge < -0.3 is 20.1 Å². The van der Waals surface area contributed by atoms with Gasteiger partial charge in [0.1, 0.15) is 28.8 Å². The van der Waals surface area contributed by atoms with Crippen LogP contribution < -0.4 is 20.1 Å². The molecule has 0 radical (unpaired) electrons. The molecule has 144 valence electrons. The van der Waals surface area contributed by atoms with Gasteiger partial charge in [-0.05, 0) is 31.9 Å². The van der Waals surface area contributed by atoms with Crippen LogP contribution in [0.5, 0.6) is 11.5 Å². The Hall–Kier alpha value is -2.83. The minimum atomic E-state index is -0.310. The number of rotatable bonds is 6. The van der Waals surface area contributed by atoms with Gasteiger partial charge in [-0.1, -0.05) is 19.3 Å². The maximum absolute atomic E-state index is 12.7. The number of hydrogen-bond donors (Lipinski definition) is 2. The van der Waals surface area contributed by atoms with Crippen LogP contribution in [0, 0.1) is 6.92 Å². The Morgan fingerprint density at radius 3 is 2.56 bits per heavy atom. The standard InChI is InChI=1S/C20H26N4O3/c1-13-21-17(12-19(22-13)23-14-7-5-4-6-8-14)20(25)24-16-10-9-15(26-2)11-18(16)27-3/h9-12,14H,4-8H2,1-3H3,(H,24,25)(H,21,22,23). The van der Waals surface area contributed by atoms with Gasteiger partial charge >= 0.3 is 0 Å². The summed E-state index contributed by atoms with van der Waals surface area (Å²) in [7, 11) is 3.13. The Kier molecular flexibility index (Phi) is 6.11. The highest BCUT2D eigenvalue weighted by Crippen LogP contribution is 2.29. The second kappa shape index (κ2) is 8.70. The molecule has 1 aliphatic carbocycles. The summed E-state index contributed by atoms with van der Waals surface area (Å²) in [4.78, 5) is 21.4. The van der Waals surface area contributed by atoms with Gasteiger partial charge in [0.05, 0.1) is 19.9 Å². The van der Waals surface area contributed by atoms with Gasteiger partial charge in [0.25, 0.3) is 5.91 Å². The van der Waals surface area contributed by atoms with Gasteiger partial charge in [0.2, 0.25) is 0 Å². The van der Waals surface area contributed by atoms with E-state index >= 15 is 0 Å². The molecule has 1 amide bonds. The number of aromatic nitrogens is 2. The van der Waals surface area contributed by atoms with E-state index in [1.54, 1.807) is 45.4 Å². The number of nitrogens with one attached hydrogen (secondary N) is 2. The van der Waals surface area contributed by atoms with Crippen LogP contribution in [0.4, 0.5) is 11.5 Å². The summed E-state index contributed by atoms with van der Waals surface area (Å²) in [5, 5.41) is 6.30. The maximum Gasteiger partial charge on any atom is 0.274 e. The van der Waals surface area contributed by atoms with E-state index in [-0.39, 0.29) is 5.91 Å². The predicted octanol–water partition coefficient (Wildman–Crippen LogP) is 3.80. The summed E-state index contributed by atoms with van der Waals surface area (Å²) in [6.45, 7) is 1.79. The summed E-state index contributed by atoms with van der Waals surface area (Å²) in [6.07, 6.45) is 6.01. The number of methoxy groups -OCH3 is 2. The highest BCUT2D eigenvalue weighted by atomic mass is 16.5. The van der Waals surface area contributed by atoms with Gasteiger partial charge in [0, 0.05) is 18.2 Å². The third kappa shape index (κ3) is 4.87. The lowest BCUT2D eigenvalue weighted by molar-refractivity contribution is 0.102.